The SMILES string of the molecule is COc1cccc(-c2c(C#N)c(SCC(=O)Nc3ccc(Br)cc3)nc3c2CN(C)CC3)c1. The summed E-state index contributed by atoms with van der Waals surface area (Å²) in [5.74, 6) is 0.746. The summed E-state index contributed by atoms with van der Waals surface area (Å²) in [5, 5.41) is 13.6. The number of anilines is 1. The van der Waals surface area contributed by atoms with Gasteiger partial charge in [0.15, 0.2) is 0 Å². The number of fused-ring (bicyclic) bond motifs is 1. The molecule has 3 aromatic rings. The first-order valence-electron chi connectivity index (χ1n) is 10.5. The Bertz CT molecular complexity index is 1220. The number of aromatic nitrogens is 1. The molecule has 0 unspecified atom stereocenters. The Morgan fingerprint density at radius 1 is 1.30 bits per heavy atom. The van der Waals surface area contributed by atoms with Crippen molar-refractivity contribution in [2.75, 3.05) is 31.8 Å². The summed E-state index contributed by atoms with van der Waals surface area (Å²) in [6, 6.07) is 17.5. The van der Waals surface area contributed by atoms with Crippen LogP contribution in [-0.2, 0) is 17.8 Å². The number of nitriles is 1. The molecule has 1 aromatic heterocycles. The normalized spacial score (nSPS) is 13.2. The Balaban J connectivity index is 1.67. The van der Waals surface area contributed by atoms with E-state index in [0.717, 1.165) is 57.8 Å². The predicted molar refractivity (Wildman–Crippen MR) is 134 cm³/mol. The highest BCUT2D eigenvalue weighted by molar-refractivity contribution is 9.10. The fourth-order valence-electron chi connectivity index (χ4n) is 3.84. The minimum atomic E-state index is -0.145. The highest BCUT2D eigenvalue weighted by atomic mass is 79.9. The smallest absolute Gasteiger partial charge is 0.234 e. The third-order valence-corrected chi connectivity index (χ3v) is 6.95. The average Bonchev–Trinajstić information content (AvgIpc) is 2.83. The largest absolute Gasteiger partial charge is 0.497 e. The quantitative estimate of drug-likeness (QED) is 0.453. The van der Waals surface area contributed by atoms with Gasteiger partial charge in [0.2, 0.25) is 5.91 Å². The van der Waals surface area contributed by atoms with Crippen LogP contribution in [0.15, 0.2) is 58.0 Å². The van der Waals surface area contributed by atoms with Crippen LogP contribution in [0.3, 0.4) is 0 Å². The number of carbonyl (C=O) groups is 1. The van der Waals surface area contributed by atoms with Crippen LogP contribution in [-0.4, -0.2) is 42.2 Å². The van der Waals surface area contributed by atoms with E-state index in [1.54, 1.807) is 7.11 Å². The molecule has 2 heterocycles. The molecule has 1 aliphatic rings. The third-order valence-electron chi connectivity index (χ3n) is 5.45. The summed E-state index contributed by atoms with van der Waals surface area (Å²) in [6.07, 6.45) is 0.799. The van der Waals surface area contributed by atoms with E-state index in [1.165, 1.54) is 11.8 Å². The number of thioether (sulfide) groups is 1. The maximum atomic E-state index is 12.6. The second kappa shape index (κ2) is 10.4. The number of pyridine rings is 1. The van der Waals surface area contributed by atoms with Crippen LogP contribution < -0.4 is 10.1 Å². The molecular weight excluding hydrogens is 500 g/mol. The minimum absolute atomic E-state index is 0.145. The Morgan fingerprint density at radius 2 is 2.09 bits per heavy atom. The fraction of sp³-hybridized carbons (Fsp3) is 0.240. The maximum Gasteiger partial charge on any atom is 0.234 e. The maximum absolute atomic E-state index is 12.6. The van der Waals surface area contributed by atoms with Gasteiger partial charge in [-0.1, -0.05) is 39.8 Å². The second-order valence-electron chi connectivity index (χ2n) is 7.77. The molecule has 168 valence electrons. The monoisotopic (exact) mass is 522 g/mol. The lowest BCUT2D eigenvalue weighted by Crippen LogP contribution is -2.28. The lowest BCUT2D eigenvalue weighted by Gasteiger charge is -2.28. The summed E-state index contributed by atoms with van der Waals surface area (Å²) >= 11 is 4.69. The molecule has 0 saturated carbocycles. The highest BCUT2D eigenvalue weighted by Gasteiger charge is 2.25. The molecular formula is C25H23BrN4O2S. The standard InChI is InChI=1S/C25H23BrN4O2S/c1-30-11-10-22-21(14-30)24(16-4-3-5-19(12-16)32-2)20(13-27)25(29-22)33-15-23(31)28-18-8-6-17(26)7-9-18/h3-9,12H,10-11,14-15H2,1-2H3,(H,28,31). The van der Waals surface area contributed by atoms with Gasteiger partial charge in [-0.05, 0) is 54.6 Å². The number of hydrogen-bond donors (Lipinski definition) is 1. The van der Waals surface area contributed by atoms with Crippen LogP contribution in [0, 0.1) is 11.3 Å². The molecule has 0 fully saturated rings. The van der Waals surface area contributed by atoms with Gasteiger partial charge in [0.1, 0.15) is 16.8 Å². The number of benzene rings is 2. The first-order valence-corrected chi connectivity index (χ1v) is 12.2. The van der Waals surface area contributed by atoms with Crippen molar-refractivity contribution < 1.29 is 9.53 Å². The summed E-state index contributed by atoms with van der Waals surface area (Å²) < 4.78 is 6.36. The van der Waals surface area contributed by atoms with Crippen molar-refractivity contribution in [1.29, 1.82) is 5.26 Å². The van der Waals surface area contributed by atoms with Gasteiger partial charge in [-0.3, -0.25) is 4.79 Å². The van der Waals surface area contributed by atoms with Crippen molar-refractivity contribution in [1.82, 2.24) is 9.88 Å². The van der Waals surface area contributed by atoms with Crippen LogP contribution in [0.4, 0.5) is 5.69 Å². The molecule has 0 aliphatic carbocycles. The van der Waals surface area contributed by atoms with Gasteiger partial charge in [0.05, 0.1) is 18.4 Å². The Kier molecular flexibility index (Phi) is 7.33. The molecule has 4 rings (SSSR count). The molecule has 0 saturated heterocycles. The summed E-state index contributed by atoms with van der Waals surface area (Å²) in [4.78, 5) is 19.6. The van der Waals surface area contributed by atoms with E-state index < -0.39 is 0 Å². The Hall–Kier alpha value is -2.86. The zero-order valence-corrected chi connectivity index (χ0v) is 20.8. The zero-order valence-electron chi connectivity index (χ0n) is 18.4. The summed E-state index contributed by atoms with van der Waals surface area (Å²) in [7, 11) is 3.70. The van der Waals surface area contributed by atoms with E-state index in [0.29, 0.717) is 10.6 Å². The number of nitrogens with zero attached hydrogens (tertiary/aromatic N) is 3. The van der Waals surface area contributed by atoms with Crippen molar-refractivity contribution in [3.63, 3.8) is 0 Å². The van der Waals surface area contributed by atoms with Gasteiger partial charge in [-0.25, -0.2) is 4.98 Å². The van der Waals surface area contributed by atoms with E-state index >= 15 is 0 Å². The number of nitrogens with one attached hydrogen (secondary N) is 1. The lowest BCUT2D eigenvalue weighted by molar-refractivity contribution is -0.113. The van der Waals surface area contributed by atoms with E-state index in [2.05, 4.69) is 39.3 Å². The number of likely N-dealkylation sites (N-methyl/N-ethyl adjacent to an activating group) is 1. The number of ether oxygens (including phenoxy) is 1. The topological polar surface area (TPSA) is 78.2 Å². The molecule has 8 heteroatoms. The lowest BCUT2D eigenvalue weighted by atomic mass is 9.91. The van der Waals surface area contributed by atoms with Gasteiger partial charge >= 0.3 is 0 Å². The molecule has 6 nitrogen and oxygen atoms in total. The van der Waals surface area contributed by atoms with Crippen LogP contribution in [0.2, 0.25) is 0 Å². The van der Waals surface area contributed by atoms with Crippen molar-refractivity contribution >= 4 is 39.3 Å². The summed E-state index contributed by atoms with van der Waals surface area (Å²) in [6.45, 7) is 1.62. The van der Waals surface area contributed by atoms with Gasteiger partial charge in [-0.15, -0.1) is 0 Å². The molecule has 1 aliphatic heterocycles. The fourth-order valence-corrected chi connectivity index (χ4v) is 4.91. The van der Waals surface area contributed by atoms with Crippen LogP contribution in [0.25, 0.3) is 11.1 Å². The molecule has 0 spiro atoms. The molecule has 0 atom stereocenters. The van der Waals surface area contributed by atoms with Gasteiger partial charge in [-0.2, -0.15) is 5.26 Å². The second-order valence-corrected chi connectivity index (χ2v) is 9.65. The van der Waals surface area contributed by atoms with E-state index in [4.69, 9.17) is 9.72 Å². The van der Waals surface area contributed by atoms with Gasteiger partial charge in [0.25, 0.3) is 0 Å². The highest BCUT2D eigenvalue weighted by Crippen LogP contribution is 2.38. The van der Waals surface area contributed by atoms with Gasteiger partial charge in [0, 0.05) is 40.9 Å². The van der Waals surface area contributed by atoms with E-state index in [-0.39, 0.29) is 11.7 Å². The molecule has 1 amide bonds. The average molecular weight is 523 g/mol. The molecule has 2 aromatic carbocycles. The van der Waals surface area contributed by atoms with Crippen molar-refractivity contribution in [2.45, 2.75) is 18.0 Å². The van der Waals surface area contributed by atoms with Crippen LogP contribution in [0.1, 0.15) is 16.8 Å². The predicted octanol–water partition coefficient (Wildman–Crippen LogP) is 5.11. The minimum Gasteiger partial charge on any atom is -0.497 e. The van der Waals surface area contributed by atoms with Crippen molar-refractivity contribution in [3.05, 3.63) is 69.8 Å². The molecule has 0 radical (unpaired) electrons. The number of carbonyl (C=O) groups excluding carboxylic acids is 1. The van der Waals surface area contributed by atoms with Gasteiger partial charge < -0.3 is 15.0 Å². The summed E-state index contributed by atoms with van der Waals surface area (Å²) in [5.41, 5.74) is 5.07. The van der Waals surface area contributed by atoms with Crippen molar-refractivity contribution in [3.8, 4) is 22.9 Å². The van der Waals surface area contributed by atoms with Crippen LogP contribution >= 0.6 is 27.7 Å². The Labute approximate surface area is 206 Å². The molecule has 33 heavy (non-hydrogen) atoms. The Morgan fingerprint density at radius 3 is 2.82 bits per heavy atom. The first-order chi connectivity index (χ1) is 16.0. The number of amides is 1. The van der Waals surface area contributed by atoms with E-state index in [1.807, 2.05) is 48.5 Å². The number of halogens is 1. The molecule has 0 bridgehead atoms. The number of methoxy groups -OCH3 is 1. The van der Waals surface area contributed by atoms with Crippen LogP contribution in [0.5, 0.6) is 5.75 Å². The number of hydrogen-bond acceptors (Lipinski definition) is 6. The van der Waals surface area contributed by atoms with Crippen molar-refractivity contribution in [2.24, 2.45) is 0 Å². The zero-order chi connectivity index (χ0) is 23.4. The number of rotatable bonds is 6. The molecule has 1 N–H and O–H groups in total. The first kappa shape index (κ1) is 23.3. The van der Waals surface area contributed by atoms with E-state index in [9.17, 15) is 10.1 Å². The third kappa shape index (κ3) is 5.38.